The third kappa shape index (κ3) is 5.33. The lowest BCUT2D eigenvalue weighted by Crippen LogP contribution is -2.44. The molecule has 1 aliphatic rings. The van der Waals surface area contributed by atoms with Gasteiger partial charge in [0, 0.05) is 19.1 Å². The summed E-state index contributed by atoms with van der Waals surface area (Å²) in [4.78, 5) is 11.9. The van der Waals surface area contributed by atoms with E-state index in [-0.39, 0.29) is 18.1 Å². The third-order valence-corrected chi connectivity index (χ3v) is 3.24. The fourth-order valence-electron chi connectivity index (χ4n) is 1.87. The monoisotopic (exact) mass is 258 g/mol. The van der Waals surface area contributed by atoms with E-state index < -0.39 is 6.10 Å². The van der Waals surface area contributed by atoms with Crippen LogP contribution in [0, 0.1) is 0 Å². The summed E-state index contributed by atoms with van der Waals surface area (Å²) in [5, 5.41) is 6.22. The Hall–Kier alpha value is -0.650. The molecule has 0 aliphatic carbocycles. The van der Waals surface area contributed by atoms with E-state index in [0.29, 0.717) is 13.2 Å². The summed E-state index contributed by atoms with van der Waals surface area (Å²) in [7, 11) is 0. The Labute approximate surface area is 110 Å². The topological polar surface area (TPSA) is 59.6 Å². The first-order valence-corrected chi connectivity index (χ1v) is 6.91. The van der Waals surface area contributed by atoms with E-state index in [9.17, 15) is 4.79 Å². The average molecular weight is 258 g/mol. The van der Waals surface area contributed by atoms with Crippen LogP contribution in [-0.4, -0.2) is 50.5 Å². The van der Waals surface area contributed by atoms with Gasteiger partial charge in [0.2, 0.25) is 5.91 Å². The number of nitrogens with one attached hydrogen (secondary N) is 2. The Morgan fingerprint density at radius 2 is 2.22 bits per heavy atom. The molecule has 0 aromatic rings. The predicted molar refractivity (Wildman–Crippen MR) is 70.5 cm³/mol. The van der Waals surface area contributed by atoms with Crippen molar-refractivity contribution in [2.24, 2.45) is 0 Å². The number of morpholine rings is 1. The van der Waals surface area contributed by atoms with Gasteiger partial charge in [0.25, 0.3) is 0 Å². The van der Waals surface area contributed by atoms with Crippen LogP contribution in [0.3, 0.4) is 0 Å². The molecule has 1 saturated heterocycles. The third-order valence-electron chi connectivity index (χ3n) is 3.24. The van der Waals surface area contributed by atoms with Crippen molar-refractivity contribution in [3.8, 4) is 0 Å². The van der Waals surface area contributed by atoms with Crippen molar-refractivity contribution in [2.45, 2.75) is 51.9 Å². The van der Waals surface area contributed by atoms with E-state index in [1.165, 1.54) is 0 Å². The van der Waals surface area contributed by atoms with Crippen LogP contribution in [0.25, 0.3) is 0 Å². The molecule has 0 aromatic carbocycles. The minimum absolute atomic E-state index is 0.0348. The zero-order chi connectivity index (χ0) is 13.4. The van der Waals surface area contributed by atoms with Gasteiger partial charge in [0.15, 0.2) is 0 Å². The number of hydrogen-bond donors (Lipinski definition) is 2. The van der Waals surface area contributed by atoms with Crippen molar-refractivity contribution < 1.29 is 14.3 Å². The summed E-state index contributed by atoms with van der Waals surface area (Å²) >= 11 is 0. The molecule has 2 unspecified atom stereocenters. The molecule has 0 bridgehead atoms. The zero-order valence-electron chi connectivity index (χ0n) is 11.7. The Morgan fingerprint density at radius 3 is 2.78 bits per heavy atom. The smallest absolute Gasteiger partial charge is 0.249 e. The van der Waals surface area contributed by atoms with Crippen LogP contribution in [-0.2, 0) is 14.3 Å². The SMILES string of the molecule is CCC(CC)NC(=O)C(C)OCC1CNCCO1. The molecule has 18 heavy (non-hydrogen) atoms. The molecule has 1 aliphatic heterocycles. The van der Waals surface area contributed by atoms with Crippen LogP contribution in [0.2, 0.25) is 0 Å². The normalized spacial score (nSPS) is 21.9. The maximum Gasteiger partial charge on any atom is 0.249 e. The number of ether oxygens (including phenoxy) is 2. The lowest BCUT2D eigenvalue weighted by atomic mass is 10.1. The number of hydrogen-bond acceptors (Lipinski definition) is 4. The molecular weight excluding hydrogens is 232 g/mol. The number of carbonyl (C=O) groups excluding carboxylic acids is 1. The predicted octanol–water partition coefficient (Wildman–Crippen LogP) is 0.685. The Bertz CT molecular complexity index is 238. The summed E-state index contributed by atoms with van der Waals surface area (Å²) in [5.41, 5.74) is 0. The van der Waals surface area contributed by atoms with Gasteiger partial charge in [0.05, 0.1) is 19.3 Å². The van der Waals surface area contributed by atoms with Crippen LogP contribution < -0.4 is 10.6 Å². The van der Waals surface area contributed by atoms with Gasteiger partial charge in [-0.25, -0.2) is 0 Å². The van der Waals surface area contributed by atoms with Crippen molar-refractivity contribution >= 4 is 5.91 Å². The van der Waals surface area contributed by atoms with Crippen LogP contribution in [0.1, 0.15) is 33.6 Å². The highest BCUT2D eigenvalue weighted by Crippen LogP contribution is 2.02. The lowest BCUT2D eigenvalue weighted by Gasteiger charge is -2.25. The lowest BCUT2D eigenvalue weighted by molar-refractivity contribution is -0.135. The molecule has 0 radical (unpaired) electrons. The molecule has 5 nitrogen and oxygen atoms in total. The first kappa shape index (κ1) is 15.4. The molecule has 0 saturated carbocycles. The van der Waals surface area contributed by atoms with E-state index in [1.807, 2.05) is 0 Å². The quantitative estimate of drug-likeness (QED) is 0.705. The molecule has 106 valence electrons. The van der Waals surface area contributed by atoms with Crippen molar-refractivity contribution in [2.75, 3.05) is 26.3 Å². The standard InChI is InChI=1S/C13H26N2O3/c1-4-11(5-2)15-13(16)10(3)18-9-12-8-14-6-7-17-12/h10-12,14H,4-9H2,1-3H3,(H,15,16). The molecule has 1 fully saturated rings. The Balaban J connectivity index is 2.22. The summed E-state index contributed by atoms with van der Waals surface area (Å²) in [6, 6.07) is 0.246. The van der Waals surface area contributed by atoms with Crippen molar-refractivity contribution in [3.05, 3.63) is 0 Å². The van der Waals surface area contributed by atoms with Crippen molar-refractivity contribution in [3.63, 3.8) is 0 Å². The first-order valence-electron chi connectivity index (χ1n) is 6.91. The minimum atomic E-state index is -0.420. The molecule has 5 heteroatoms. The summed E-state index contributed by atoms with van der Waals surface area (Å²) < 4.78 is 11.1. The summed E-state index contributed by atoms with van der Waals surface area (Å²) in [6.07, 6.45) is 1.54. The molecule has 2 N–H and O–H groups in total. The first-order chi connectivity index (χ1) is 8.67. The molecule has 0 spiro atoms. The largest absolute Gasteiger partial charge is 0.373 e. The summed E-state index contributed by atoms with van der Waals surface area (Å²) in [6.45, 7) is 8.78. The fraction of sp³-hybridized carbons (Fsp3) is 0.923. The fourth-order valence-corrected chi connectivity index (χ4v) is 1.87. The molecule has 1 amide bonds. The van der Waals surface area contributed by atoms with Gasteiger partial charge >= 0.3 is 0 Å². The van der Waals surface area contributed by atoms with E-state index in [0.717, 1.165) is 25.9 Å². The number of amides is 1. The van der Waals surface area contributed by atoms with E-state index in [2.05, 4.69) is 24.5 Å². The maximum atomic E-state index is 11.9. The second-order valence-corrected chi connectivity index (χ2v) is 4.69. The number of rotatable bonds is 7. The Kier molecular flexibility index (Phi) is 7.23. The second-order valence-electron chi connectivity index (χ2n) is 4.69. The van der Waals surface area contributed by atoms with Crippen molar-refractivity contribution in [1.82, 2.24) is 10.6 Å². The average Bonchev–Trinajstić information content (AvgIpc) is 2.42. The highest BCUT2D eigenvalue weighted by molar-refractivity contribution is 5.80. The highest BCUT2D eigenvalue weighted by Gasteiger charge is 2.19. The van der Waals surface area contributed by atoms with E-state index >= 15 is 0 Å². The highest BCUT2D eigenvalue weighted by atomic mass is 16.5. The van der Waals surface area contributed by atoms with Gasteiger partial charge in [-0.2, -0.15) is 0 Å². The molecule has 1 heterocycles. The van der Waals surface area contributed by atoms with Gasteiger partial charge in [-0.15, -0.1) is 0 Å². The van der Waals surface area contributed by atoms with Gasteiger partial charge < -0.3 is 20.1 Å². The van der Waals surface area contributed by atoms with Gasteiger partial charge in [-0.3, -0.25) is 4.79 Å². The molecule has 2 atom stereocenters. The number of carbonyl (C=O) groups is 1. The molecule has 1 rings (SSSR count). The van der Waals surface area contributed by atoms with Gasteiger partial charge in [-0.05, 0) is 19.8 Å². The van der Waals surface area contributed by atoms with E-state index in [1.54, 1.807) is 6.92 Å². The van der Waals surface area contributed by atoms with Crippen LogP contribution in [0.15, 0.2) is 0 Å². The molecular formula is C13H26N2O3. The second kappa shape index (κ2) is 8.45. The van der Waals surface area contributed by atoms with Crippen LogP contribution >= 0.6 is 0 Å². The van der Waals surface area contributed by atoms with Crippen LogP contribution in [0.4, 0.5) is 0 Å². The maximum absolute atomic E-state index is 11.9. The van der Waals surface area contributed by atoms with E-state index in [4.69, 9.17) is 9.47 Å². The molecule has 0 aromatic heterocycles. The van der Waals surface area contributed by atoms with Crippen LogP contribution in [0.5, 0.6) is 0 Å². The van der Waals surface area contributed by atoms with Crippen molar-refractivity contribution in [1.29, 1.82) is 0 Å². The minimum Gasteiger partial charge on any atom is -0.373 e. The Morgan fingerprint density at radius 1 is 1.50 bits per heavy atom. The summed E-state index contributed by atoms with van der Waals surface area (Å²) in [5.74, 6) is -0.0348. The zero-order valence-corrected chi connectivity index (χ0v) is 11.7. The van der Waals surface area contributed by atoms with Gasteiger partial charge in [-0.1, -0.05) is 13.8 Å². The van der Waals surface area contributed by atoms with Gasteiger partial charge in [0.1, 0.15) is 6.10 Å².